The molecule has 0 fully saturated rings. The topological polar surface area (TPSA) is 55.5 Å². The smallest absolute Gasteiger partial charge is 0.0630 e. The Labute approximate surface area is 107 Å². The predicted octanol–water partition coefficient (Wildman–Crippen LogP) is 2.39. The first-order chi connectivity index (χ1) is 8.55. The summed E-state index contributed by atoms with van der Waals surface area (Å²) in [5.74, 6) is 3.43. The lowest BCUT2D eigenvalue weighted by Crippen LogP contribution is -2.11. The summed E-state index contributed by atoms with van der Waals surface area (Å²) in [6.07, 6.45) is 1.78. The predicted molar refractivity (Wildman–Crippen MR) is 77.9 cm³/mol. The first-order valence-corrected chi connectivity index (χ1v) is 7.19. The number of hydrogen-bond acceptors (Lipinski definition) is 2. The first-order valence-electron chi connectivity index (χ1n) is 5.40. The van der Waals surface area contributed by atoms with Gasteiger partial charge < -0.3 is 0 Å². The van der Waals surface area contributed by atoms with Crippen LogP contribution in [0.1, 0.15) is 5.56 Å². The summed E-state index contributed by atoms with van der Waals surface area (Å²) in [5, 5.41) is 5.45. The van der Waals surface area contributed by atoms with E-state index >= 15 is 0 Å². The number of aliphatic imine (C=N–C) groups is 1. The van der Waals surface area contributed by atoms with Crippen LogP contribution >= 0.6 is 0 Å². The zero-order chi connectivity index (χ0) is 13.0. The van der Waals surface area contributed by atoms with Crippen molar-refractivity contribution in [3.8, 4) is 0 Å². The third-order valence-corrected chi connectivity index (χ3v) is 3.47. The molecule has 0 bridgehead atoms. The molecule has 0 saturated carbocycles. The van der Waals surface area contributed by atoms with Gasteiger partial charge in [0, 0.05) is 11.1 Å². The highest BCUT2D eigenvalue weighted by molar-refractivity contribution is 7.98. The molecule has 0 heterocycles. The molecule has 0 aromatic heterocycles. The van der Waals surface area contributed by atoms with Crippen LogP contribution in [0.15, 0.2) is 64.5 Å². The van der Waals surface area contributed by atoms with Gasteiger partial charge in [-0.2, -0.15) is 0 Å². The van der Waals surface area contributed by atoms with E-state index in [1.165, 1.54) is 0 Å². The van der Waals surface area contributed by atoms with Crippen molar-refractivity contribution in [2.45, 2.75) is 4.90 Å². The highest BCUT2D eigenvalue weighted by Crippen LogP contribution is 2.15. The molecule has 1 unspecified atom stereocenters. The van der Waals surface area contributed by atoms with Crippen LogP contribution in [0.25, 0.3) is 0 Å². The van der Waals surface area contributed by atoms with Crippen LogP contribution in [0, 0.1) is 0 Å². The van der Waals surface area contributed by atoms with Gasteiger partial charge in [-0.05, 0) is 35.7 Å². The molecule has 92 valence electrons. The van der Waals surface area contributed by atoms with Crippen molar-refractivity contribution in [1.82, 2.24) is 0 Å². The summed E-state index contributed by atoms with van der Waals surface area (Å²) in [4.78, 5) is 4.85. The van der Waals surface area contributed by atoms with E-state index in [0.717, 1.165) is 11.3 Å². The first kappa shape index (κ1) is 12.5. The molecule has 2 N–H and O–H groups in total. The van der Waals surface area contributed by atoms with Gasteiger partial charge in [-0.3, -0.25) is 10.1 Å². The fourth-order valence-electron chi connectivity index (χ4n) is 1.45. The van der Waals surface area contributed by atoms with Crippen molar-refractivity contribution in [2.24, 2.45) is 10.1 Å². The second-order valence-corrected chi connectivity index (χ2v) is 5.81. The number of rotatable bonds is 3. The molecule has 1 atom stereocenters. The average Bonchev–Trinajstić information content (AvgIpc) is 2.37. The third kappa shape index (κ3) is 3.29. The Bertz CT molecular complexity index is 644. The minimum atomic E-state index is -2.64. The minimum absolute atomic E-state index is 0.529. The van der Waals surface area contributed by atoms with E-state index in [9.17, 15) is 4.21 Å². The van der Waals surface area contributed by atoms with Gasteiger partial charge in [-0.1, -0.05) is 30.3 Å². The maximum absolute atomic E-state index is 11.5. The molecule has 4 heteroatoms. The largest absolute Gasteiger partial charge is 0.256 e. The van der Waals surface area contributed by atoms with E-state index in [-0.39, 0.29) is 0 Å². The van der Waals surface area contributed by atoms with Crippen molar-refractivity contribution in [1.29, 1.82) is 0 Å². The lowest BCUT2D eigenvalue weighted by molar-refractivity contribution is 0.682. The SMILES string of the molecule is C=S(N)(=O)c1ccc(N=Cc2ccccc2)cc1. The Morgan fingerprint density at radius 2 is 1.67 bits per heavy atom. The standard InChI is InChI=1S/C14H14N2OS/c1-18(15,17)14-9-7-13(8-10-14)16-11-12-5-3-2-4-6-12/h2-11H,1H2,(H2,15,17). The zero-order valence-electron chi connectivity index (χ0n) is 9.82. The summed E-state index contributed by atoms with van der Waals surface area (Å²) in [6, 6.07) is 16.7. The summed E-state index contributed by atoms with van der Waals surface area (Å²) in [6.45, 7) is 0. The molecule has 18 heavy (non-hydrogen) atoms. The summed E-state index contributed by atoms with van der Waals surface area (Å²) in [5.41, 5.74) is 1.81. The Morgan fingerprint density at radius 1 is 1.06 bits per heavy atom. The molecule has 3 nitrogen and oxygen atoms in total. The van der Waals surface area contributed by atoms with Crippen LogP contribution in [-0.2, 0) is 9.71 Å². The maximum Gasteiger partial charge on any atom is 0.0630 e. The van der Waals surface area contributed by atoms with E-state index in [0.29, 0.717) is 4.90 Å². The van der Waals surface area contributed by atoms with Crippen molar-refractivity contribution >= 4 is 27.5 Å². The van der Waals surface area contributed by atoms with E-state index in [1.807, 2.05) is 30.3 Å². The van der Waals surface area contributed by atoms with Gasteiger partial charge in [-0.25, -0.2) is 4.21 Å². The molecule has 0 aliphatic rings. The highest BCUT2D eigenvalue weighted by Gasteiger charge is 1.99. The minimum Gasteiger partial charge on any atom is -0.256 e. The van der Waals surface area contributed by atoms with Gasteiger partial charge in [0.05, 0.1) is 15.4 Å². The van der Waals surface area contributed by atoms with E-state index in [4.69, 9.17) is 5.14 Å². The van der Waals surface area contributed by atoms with Gasteiger partial charge in [0.15, 0.2) is 0 Å². The van der Waals surface area contributed by atoms with Gasteiger partial charge in [0.1, 0.15) is 0 Å². The fourth-order valence-corrected chi connectivity index (χ4v) is 2.05. The molecular weight excluding hydrogens is 244 g/mol. The Kier molecular flexibility index (Phi) is 3.60. The maximum atomic E-state index is 11.5. The van der Waals surface area contributed by atoms with Gasteiger partial charge in [0.25, 0.3) is 0 Å². The fraction of sp³-hybridized carbons (Fsp3) is 0. The number of benzene rings is 2. The molecule has 0 spiro atoms. The van der Waals surface area contributed by atoms with Crippen LogP contribution in [0.4, 0.5) is 5.69 Å². The summed E-state index contributed by atoms with van der Waals surface area (Å²) in [7, 11) is -2.64. The monoisotopic (exact) mass is 258 g/mol. The lowest BCUT2D eigenvalue weighted by Gasteiger charge is -2.02. The normalized spacial score (nSPS) is 14.5. The van der Waals surface area contributed by atoms with E-state index in [2.05, 4.69) is 10.9 Å². The second kappa shape index (κ2) is 5.16. The Balaban J connectivity index is 2.19. The van der Waals surface area contributed by atoms with E-state index < -0.39 is 9.71 Å². The third-order valence-electron chi connectivity index (χ3n) is 2.40. The molecule has 0 aliphatic heterocycles. The molecule has 0 amide bonds. The molecule has 2 rings (SSSR count). The van der Waals surface area contributed by atoms with Crippen molar-refractivity contribution in [3.05, 3.63) is 60.2 Å². The van der Waals surface area contributed by atoms with Crippen molar-refractivity contribution in [3.63, 3.8) is 0 Å². The van der Waals surface area contributed by atoms with Crippen LogP contribution in [-0.4, -0.2) is 16.3 Å². The van der Waals surface area contributed by atoms with Crippen LogP contribution in [0.2, 0.25) is 0 Å². The lowest BCUT2D eigenvalue weighted by atomic mass is 10.2. The molecule has 0 radical (unpaired) electrons. The molecule has 0 saturated heterocycles. The summed E-state index contributed by atoms with van der Waals surface area (Å²) >= 11 is 0. The average molecular weight is 258 g/mol. The number of nitrogens with two attached hydrogens (primary N) is 1. The van der Waals surface area contributed by atoms with Crippen LogP contribution in [0.3, 0.4) is 0 Å². The van der Waals surface area contributed by atoms with Gasteiger partial charge >= 0.3 is 0 Å². The molecule has 0 aliphatic carbocycles. The molecule has 2 aromatic rings. The molecule has 2 aromatic carbocycles. The van der Waals surface area contributed by atoms with Crippen LogP contribution in [0.5, 0.6) is 0 Å². The van der Waals surface area contributed by atoms with Gasteiger partial charge in [0.2, 0.25) is 0 Å². The number of hydrogen-bond donors (Lipinski definition) is 1. The second-order valence-electron chi connectivity index (χ2n) is 3.89. The zero-order valence-corrected chi connectivity index (χ0v) is 10.6. The Morgan fingerprint density at radius 3 is 2.22 bits per heavy atom. The Hall–Kier alpha value is -1.91. The van der Waals surface area contributed by atoms with Crippen molar-refractivity contribution in [2.75, 3.05) is 0 Å². The quantitative estimate of drug-likeness (QED) is 0.667. The van der Waals surface area contributed by atoms with Crippen LogP contribution < -0.4 is 5.14 Å². The van der Waals surface area contributed by atoms with Gasteiger partial charge in [-0.15, -0.1) is 0 Å². The van der Waals surface area contributed by atoms with E-state index in [1.54, 1.807) is 30.5 Å². The molecular formula is C14H14N2OS. The number of nitrogens with zero attached hydrogens (tertiary/aromatic N) is 1. The summed E-state index contributed by atoms with van der Waals surface area (Å²) < 4.78 is 11.5. The highest BCUT2D eigenvalue weighted by atomic mass is 32.2. The van der Waals surface area contributed by atoms with Crippen molar-refractivity contribution < 1.29 is 4.21 Å².